The van der Waals surface area contributed by atoms with E-state index in [1.165, 1.54) is 0 Å². The van der Waals surface area contributed by atoms with Crippen LogP contribution in [0.4, 0.5) is 0 Å². The molecule has 2 aromatic rings. The van der Waals surface area contributed by atoms with Crippen molar-refractivity contribution in [3.05, 3.63) is 54.4 Å². The Balaban J connectivity index is 1.66. The van der Waals surface area contributed by atoms with Crippen LogP contribution in [-0.2, 0) is 11.3 Å². The molecule has 0 radical (unpaired) electrons. The van der Waals surface area contributed by atoms with Crippen molar-refractivity contribution in [3.8, 4) is 11.4 Å². The van der Waals surface area contributed by atoms with E-state index in [-0.39, 0.29) is 11.9 Å². The number of hydrogen-bond donors (Lipinski definition) is 2. The van der Waals surface area contributed by atoms with Crippen LogP contribution in [0.25, 0.3) is 5.69 Å². The van der Waals surface area contributed by atoms with Crippen LogP contribution in [0.1, 0.15) is 5.56 Å². The van der Waals surface area contributed by atoms with Gasteiger partial charge in [-0.05, 0) is 12.1 Å². The van der Waals surface area contributed by atoms with Gasteiger partial charge in [0, 0.05) is 24.8 Å². The molecular formula is C16H18N4O2. The minimum Gasteiger partial charge on any atom is -0.494 e. The zero-order valence-corrected chi connectivity index (χ0v) is 12.3. The third kappa shape index (κ3) is 3.01. The van der Waals surface area contributed by atoms with Crippen LogP contribution in [-0.4, -0.2) is 35.4 Å². The van der Waals surface area contributed by atoms with Gasteiger partial charge in [-0.15, -0.1) is 0 Å². The molecule has 1 aliphatic rings. The fraction of sp³-hybridized carbons (Fsp3) is 0.250. The van der Waals surface area contributed by atoms with Crippen molar-refractivity contribution in [2.45, 2.75) is 12.6 Å². The number of aromatic nitrogens is 2. The highest BCUT2D eigenvalue weighted by Gasteiger charge is 2.17. The fourth-order valence-electron chi connectivity index (χ4n) is 2.35. The van der Waals surface area contributed by atoms with Crippen LogP contribution in [0.2, 0.25) is 0 Å². The maximum absolute atomic E-state index is 11.9. The molecule has 0 unspecified atom stereocenters. The second kappa shape index (κ2) is 6.44. The minimum absolute atomic E-state index is 0.0289. The maximum atomic E-state index is 11.9. The first-order valence-electron chi connectivity index (χ1n) is 7.12. The molecule has 0 bridgehead atoms. The van der Waals surface area contributed by atoms with Gasteiger partial charge >= 0.3 is 0 Å². The van der Waals surface area contributed by atoms with Crippen molar-refractivity contribution in [1.82, 2.24) is 20.4 Å². The van der Waals surface area contributed by atoms with Gasteiger partial charge in [-0.2, -0.15) is 5.10 Å². The molecule has 0 aliphatic carbocycles. The Labute approximate surface area is 128 Å². The normalized spacial score (nSPS) is 16.7. The lowest BCUT2D eigenvalue weighted by Gasteiger charge is -2.09. The summed E-state index contributed by atoms with van der Waals surface area (Å²) in [6.07, 6.45) is 7.44. The Morgan fingerprint density at radius 3 is 3.14 bits per heavy atom. The Kier molecular flexibility index (Phi) is 4.20. The molecule has 0 saturated heterocycles. The number of rotatable bonds is 5. The van der Waals surface area contributed by atoms with Gasteiger partial charge in [-0.25, -0.2) is 4.68 Å². The molecule has 22 heavy (non-hydrogen) atoms. The van der Waals surface area contributed by atoms with Gasteiger partial charge in [-0.3, -0.25) is 10.1 Å². The lowest BCUT2D eigenvalue weighted by Crippen LogP contribution is -2.40. The molecule has 3 rings (SSSR count). The van der Waals surface area contributed by atoms with E-state index in [4.69, 9.17) is 4.74 Å². The molecular weight excluding hydrogens is 280 g/mol. The molecule has 114 valence electrons. The molecule has 2 heterocycles. The first kappa shape index (κ1) is 14.3. The largest absolute Gasteiger partial charge is 0.494 e. The van der Waals surface area contributed by atoms with Crippen molar-refractivity contribution in [2.24, 2.45) is 0 Å². The Hall–Kier alpha value is -2.60. The molecule has 1 amide bonds. The van der Waals surface area contributed by atoms with Crippen LogP contribution in [0, 0.1) is 0 Å². The first-order valence-corrected chi connectivity index (χ1v) is 7.12. The molecule has 6 heteroatoms. The molecule has 1 atom stereocenters. The van der Waals surface area contributed by atoms with Gasteiger partial charge in [0.2, 0.25) is 5.91 Å². The van der Waals surface area contributed by atoms with E-state index in [9.17, 15) is 4.79 Å². The molecule has 6 nitrogen and oxygen atoms in total. The van der Waals surface area contributed by atoms with Crippen LogP contribution < -0.4 is 15.4 Å². The number of ether oxygens (including phenoxy) is 1. The summed E-state index contributed by atoms with van der Waals surface area (Å²) in [5.41, 5.74) is 1.80. The lowest BCUT2D eigenvalue weighted by molar-refractivity contribution is -0.122. The van der Waals surface area contributed by atoms with Gasteiger partial charge in [0.25, 0.3) is 0 Å². The van der Waals surface area contributed by atoms with E-state index in [0.29, 0.717) is 6.54 Å². The number of hydrogen-bond acceptors (Lipinski definition) is 4. The van der Waals surface area contributed by atoms with E-state index in [0.717, 1.165) is 23.5 Å². The van der Waals surface area contributed by atoms with Gasteiger partial charge in [-0.1, -0.05) is 24.3 Å². The number of amides is 1. The fourth-order valence-corrected chi connectivity index (χ4v) is 2.35. The maximum Gasteiger partial charge on any atom is 0.241 e. The van der Waals surface area contributed by atoms with Gasteiger partial charge < -0.3 is 10.1 Å². The number of para-hydroxylation sites is 2. The topological polar surface area (TPSA) is 68.2 Å². The summed E-state index contributed by atoms with van der Waals surface area (Å²) in [6.45, 7) is 1.18. The second-order valence-electron chi connectivity index (χ2n) is 5.00. The second-order valence-corrected chi connectivity index (χ2v) is 5.00. The van der Waals surface area contributed by atoms with Crippen molar-refractivity contribution in [3.63, 3.8) is 0 Å². The highest BCUT2D eigenvalue weighted by Crippen LogP contribution is 2.21. The Morgan fingerprint density at radius 2 is 2.36 bits per heavy atom. The quantitative estimate of drug-likeness (QED) is 0.809. The van der Waals surface area contributed by atoms with E-state index in [2.05, 4.69) is 15.7 Å². The third-order valence-electron chi connectivity index (χ3n) is 3.50. The predicted molar refractivity (Wildman–Crippen MR) is 82.9 cm³/mol. The molecule has 0 spiro atoms. The van der Waals surface area contributed by atoms with Crippen LogP contribution in [0.3, 0.4) is 0 Å². The van der Waals surface area contributed by atoms with Gasteiger partial charge in [0.15, 0.2) is 0 Å². The highest BCUT2D eigenvalue weighted by molar-refractivity contribution is 5.84. The smallest absolute Gasteiger partial charge is 0.241 e. The first-order chi connectivity index (χ1) is 10.8. The molecule has 1 aromatic carbocycles. The summed E-state index contributed by atoms with van der Waals surface area (Å²) in [7, 11) is 1.63. The van der Waals surface area contributed by atoms with Gasteiger partial charge in [0.05, 0.1) is 13.3 Å². The monoisotopic (exact) mass is 298 g/mol. The molecule has 1 aliphatic heterocycles. The summed E-state index contributed by atoms with van der Waals surface area (Å²) < 4.78 is 7.07. The van der Waals surface area contributed by atoms with Crippen molar-refractivity contribution >= 4 is 5.91 Å². The van der Waals surface area contributed by atoms with E-state index >= 15 is 0 Å². The summed E-state index contributed by atoms with van der Waals surface area (Å²) in [4.78, 5) is 11.9. The number of methoxy groups -OCH3 is 1. The Bertz CT molecular complexity index is 693. The third-order valence-corrected chi connectivity index (χ3v) is 3.50. The highest BCUT2D eigenvalue weighted by atomic mass is 16.5. The standard InChI is InChI=1S/C16H18N4O2/c1-22-15-7-3-2-6-14(15)20-11-12(10-19-20)9-18-16(21)13-5-4-8-17-13/h2-7,10-11,13,17H,8-9H2,1H3,(H,18,21)/t13-/m0/s1. The van der Waals surface area contributed by atoms with E-state index in [1.807, 2.05) is 42.6 Å². The average molecular weight is 298 g/mol. The number of carbonyl (C=O) groups is 1. The Morgan fingerprint density at radius 1 is 1.50 bits per heavy atom. The predicted octanol–water partition coefficient (Wildman–Crippen LogP) is 1.03. The van der Waals surface area contributed by atoms with Crippen LogP contribution >= 0.6 is 0 Å². The molecule has 2 N–H and O–H groups in total. The van der Waals surface area contributed by atoms with Gasteiger partial charge in [0.1, 0.15) is 17.5 Å². The molecule has 0 fully saturated rings. The summed E-state index contributed by atoms with van der Waals surface area (Å²) >= 11 is 0. The lowest BCUT2D eigenvalue weighted by atomic mass is 10.2. The van der Waals surface area contributed by atoms with Crippen molar-refractivity contribution < 1.29 is 9.53 Å². The van der Waals surface area contributed by atoms with Crippen LogP contribution in [0.15, 0.2) is 48.8 Å². The van der Waals surface area contributed by atoms with Crippen molar-refractivity contribution in [1.29, 1.82) is 0 Å². The number of carbonyl (C=O) groups excluding carboxylic acids is 1. The summed E-state index contributed by atoms with van der Waals surface area (Å²) in [5.74, 6) is 0.722. The number of nitrogens with one attached hydrogen (secondary N) is 2. The zero-order valence-electron chi connectivity index (χ0n) is 12.3. The van der Waals surface area contributed by atoms with Crippen molar-refractivity contribution in [2.75, 3.05) is 13.7 Å². The number of benzene rings is 1. The summed E-state index contributed by atoms with van der Waals surface area (Å²) in [6, 6.07) is 7.43. The average Bonchev–Trinajstić information content (AvgIpc) is 3.24. The van der Waals surface area contributed by atoms with E-state index in [1.54, 1.807) is 18.0 Å². The SMILES string of the molecule is COc1ccccc1-n1cc(CNC(=O)[C@@H]2C=CCN2)cn1. The summed E-state index contributed by atoms with van der Waals surface area (Å²) in [5, 5.41) is 10.3. The van der Waals surface area contributed by atoms with E-state index < -0.39 is 0 Å². The molecule has 1 aromatic heterocycles. The minimum atomic E-state index is -0.232. The zero-order chi connectivity index (χ0) is 15.4. The van der Waals surface area contributed by atoms with Crippen LogP contribution in [0.5, 0.6) is 5.75 Å². The molecule has 0 saturated carbocycles. The number of nitrogens with zero attached hydrogens (tertiary/aromatic N) is 2.